The number of anilines is 2. The fraction of sp³-hybridized carbons (Fsp3) is 0.133. The van der Waals surface area contributed by atoms with Crippen LogP contribution in [0.3, 0.4) is 0 Å². The molecule has 1 aliphatic rings. The van der Waals surface area contributed by atoms with Crippen LogP contribution in [-0.2, 0) is 0 Å². The molecule has 1 fully saturated rings. The molecule has 1 atom stereocenters. The van der Waals surface area contributed by atoms with Crippen LogP contribution in [-0.4, -0.2) is 12.6 Å². The molecule has 2 amide bonds. The summed E-state index contributed by atoms with van der Waals surface area (Å²) in [4.78, 5) is 13.8. The van der Waals surface area contributed by atoms with Crippen LogP contribution >= 0.6 is 0 Å². The second-order valence-corrected chi connectivity index (χ2v) is 4.61. The summed E-state index contributed by atoms with van der Waals surface area (Å²) in [5.41, 5.74) is 8.34. The predicted octanol–water partition coefficient (Wildman–Crippen LogP) is 2.54. The summed E-state index contributed by atoms with van der Waals surface area (Å²) < 4.78 is 0. The van der Waals surface area contributed by atoms with Crippen molar-refractivity contribution in [1.82, 2.24) is 5.32 Å². The van der Waals surface area contributed by atoms with Crippen molar-refractivity contribution in [3.05, 3.63) is 60.2 Å². The van der Waals surface area contributed by atoms with Crippen LogP contribution < -0.4 is 16.0 Å². The molecule has 0 aromatic heterocycles. The van der Waals surface area contributed by atoms with Gasteiger partial charge in [-0.2, -0.15) is 0 Å². The lowest BCUT2D eigenvalue weighted by Gasteiger charge is -2.15. The standard InChI is InChI=1S/C15H15N3O/c16-12-6-8-13(9-7-12)18-10-14(17-15(18)19)11-4-2-1-3-5-11/h1-9,14H,10,16H2,(H,17,19). The Morgan fingerprint density at radius 1 is 1.05 bits per heavy atom. The number of nitrogens with one attached hydrogen (secondary N) is 1. The highest BCUT2D eigenvalue weighted by molar-refractivity contribution is 5.94. The summed E-state index contributed by atoms with van der Waals surface area (Å²) in [5, 5.41) is 2.99. The zero-order valence-electron chi connectivity index (χ0n) is 10.4. The third-order valence-corrected chi connectivity index (χ3v) is 3.31. The average molecular weight is 253 g/mol. The Labute approximate surface area is 111 Å². The van der Waals surface area contributed by atoms with E-state index in [2.05, 4.69) is 5.32 Å². The van der Waals surface area contributed by atoms with E-state index in [1.165, 1.54) is 0 Å². The molecule has 1 heterocycles. The number of carbonyl (C=O) groups excluding carboxylic acids is 1. The number of carbonyl (C=O) groups is 1. The minimum absolute atomic E-state index is 0.0336. The normalized spacial score (nSPS) is 18.4. The monoisotopic (exact) mass is 253 g/mol. The molecule has 2 aromatic rings. The van der Waals surface area contributed by atoms with E-state index in [0.717, 1.165) is 11.3 Å². The Hall–Kier alpha value is -2.49. The van der Waals surface area contributed by atoms with Gasteiger partial charge in [0.15, 0.2) is 0 Å². The number of hydrogen-bond donors (Lipinski definition) is 2. The number of benzene rings is 2. The molecular formula is C15H15N3O. The van der Waals surface area contributed by atoms with Crippen LogP contribution in [0.25, 0.3) is 0 Å². The van der Waals surface area contributed by atoms with E-state index >= 15 is 0 Å². The smallest absolute Gasteiger partial charge is 0.322 e. The molecule has 0 aliphatic carbocycles. The van der Waals surface area contributed by atoms with Crippen molar-refractivity contribution in [1.29, 1.82) is 0 Å². The highest BCUT2D eigenvalue weighted by Crippen LogP contribution is 2.25. The first-order chi connectivity index (χ1) is 9.24. The van der Waals surface area contributed by atoms with Gasteiger partial charge in [0.2, 0.25) is 0 Å². The first-order valence-electron chi connectivity index (χ1n) is 6.22. The first kappa shape index (κ1) is 11.6. The van der Waals surface area contributed by atoms with Crippen molar-refractivity contribution in [2.24, 2.45) is 0 Å². The topological polar surface area (TPSA) is 58.4 Å². The van der Waals surface area contributed by atoms with Gasteiger partial charge in [0.05, 0.1) is 12.6 Å². The van der Waals surface area contributed by atoms with E-state index in [0.29, 0.717) is 12.2 Å². The molecular weight excluding hydrogens is 238 g/mol. The van der Waals surface area contributed by atoms with Gasteiger partial charge in [-0.15, -0.1) is 0 Å². The van der Waals surface area contributed by atoms with Crippen LogP contribution in [0.5, 0.6) is 0 Å². The molecule has 4 heteroatoms. The molecule has 3 rings (SSSR count). The first-order valence-corrected chi connectivity index (χ1v) is 6.22. The molecule has 96 valence electrons. The summed E-state index contributed by atoms with van der Waals surface area (Å²) in [6.07, 6.45) is 0. The van der Waals surface area contributed by atoms with Crippen molar-refractivity contribution in [2.75, 3.05) is 17.2 Å². The fourth-order valence-corrected chi connectivity index (χ4v) is 2.29. The maximum Gasteiger partial charge on any atom is 0.322 e. The number of nitrogen functional groups attached to an aromatic ring is 1. The van der Waals surface area contributed by atoms with Crippen molar-refractivity contribution in [3.63, 3.8) is 0 Å². The van der Waals surface area contributed by atoms with Crippen LogP contribution in [0.4, 0.5) is 16.2 Å². The van der Waals surface area contributed by atoms with Gasteiger partial charge in [0.1, 0.15) is 0 Å². The highest BCUT2D eigenvalue weighted by atomic mass is 16.2. The summed E-state index contributed by atoms with van der Waals surface area (Å²) in [7, 11) is 0. The van der Waals surface area contributed by atoms with E-state index in [-0.39, 0.29) is 12.1 Å². The number of rotatable bonds is 2. The summed E-state index contributed by atoms with van der Waals surface area (Å²) in [6, 6.07) is 17.3. The second kappa shape index (κ2) is 4.65. The third kappa shape index (κ3) is 2.25. The predicted molar refractivity (Wildman–Crippen MR) is 75.9 cm³/mol. The average Bonchev–Trinajstić information content (AvgIpc) is 2.83. The Morgan fingerprint density at radius 2 is 1.74 bits per heavy atom. The van der Waals surface area contributed by atoms with Gasteiger partial charge >= 0.3 is 6.03 Å². The molecule has 2 aromatic carbocycles. The molecule has 19 heavy (non-hydrogen) atoms. The molecule has 0 spiro atoms. The van der Waals surface area contributed by atoms with Gasteiger partial charge in [0, 0.05) is 11.4 Å². The lowest BCUT2D eigenvalue weighted by atomic mass is 10.1. The Balaban J connectivity index is 1.82. The van der Waals surface area contributed by atoms with Crippen LogP contribution in [0.1, 0.15) is 11.6 Å². The molecule has 0 saturated carbocycles. The van der Waals surface area contributed by atoms with Gasteiger partial charge in [0.25, 0.3) is 0 Å². The number of nitrogens with zero attached hydrogens (tertiary/aromatic N) is 1. The Kier molecular flexibility index (Phi) is 2.83. The lowest BCUT2D eigenvalue weighted by molar-refractivity contribution is 0.251. The van der Waals surface area contributed by atoms with Crippen molar-refractivity contribution in [2.45, 2.75) is 6.04 Å². The van der Waals surface area contributed by atoms with Gasteiger partial charge in [-0.05, 0) is 29.8 Å². The summed E-state index contributed by atoms with van der Waals surface area (Å²) in [5.74, 6) is 0. The Morgan fingerprint density at radius 3 is 2.42 bits per heavy atom. The molecule has 4 nitrogen and oxygen atoms in total. The van der Waals surface area contributed by atoms with Crippen molar-refractivity contribution >= 4 is 17.4 Å². The van der Waals surface area contributed by atoms with E-state index in [9.17, 15) is 4.79 Å². The minimum atomic E-state index is -0.0707. The van der Waals surface area contributed by atoms with Gasteiger partial charge in [-0.3, -0.25) is 4.90 Å². The van der Waals surface area contributed by atoms with Crippen LogP contribution in [0, 0.1) is 0 Å². The Bertz CT molecular complexity index is 580. The molecule has 1 saturated heterocycles. The lowest BCUT2D eigenvalue weighted by Crippen LogP contribution is -2.27. The number of hydrogen-bond acceptors (Lipinski definition) is 2. The van der Waals surface area contributed by atoms with Crippen LogP contribution in [0.2, 0.25) is 0 Å². The van der Waals surface area contributed by atoms with Gasteiger partial charge in [-0.1, -0.05) is 30.3 Å². The zero-order chi connectivity index (χ0) is 13.2. The number of urea groups is 1. The summed E-state index contributed by atoms with van der Waals surface area (Å²) >= 11 is 0. The van der Waals surface area contributed by atoms with Gasteiger partial charge in [-0.25, -0.2) is 4.79 Å². The fourth-order valence-electron chi connectivity index (χ4n) is 2.29. The van der Waals surface area contributed by atoms with E-state index in [4.69, 9.17) is 5.73 Å². The molecule has 0 radical (unpaired) electrons. The third-order valence-electron chi connectivity index (χ3n) is 3.31. The number of amides is 2. The zero-order valence-corrected chi connectivity index (χ0v) is 10.4. The second-order valence-electron chi connectivity index (χ2n) is 4.61. The largest absolute Gasteiger partial charge is 0.399 e. The minimum Gasteiger partial charge on any atom is -0.399 e. The number of nitrogens with two attached hydrogens (primary N) is 1. The van der Waals surface area contributed by atoms with Crippen LogP contribution in [0.15, 0.2) is 54.6 Å². The summed E-state index contributed by atoms with van der Waals surface area (Å²) in [6.45, 7) is 0.632. The van der Waals surface area contributed by atoms with E-state index in [1.54, 1.807) is 17.0 Å². The molecule has 0 bridgehead atoms. The van der Waals surface area contributed by atoms with E-state index in [1.807, 2.05) is 42.5 Å². The maximum absolute atomic E-state index is 12.0. The highest BCUT2D eigenvalue weighted by Gasteiger charge is 2.30. The quantitative estimate of drug-likeness (QED) is 0.808. The molecule has 1 unspecified atom stereocenters. The molecule has 1 aliphatic heterocycles. The van der Waals surface area contributed by atoms with E-state index < -0.39 is 0 Å². The van der Waals surface area contributed by atoms with Crippen molar-refractivity contribution < 1.29 is 4.79 Å². The maximum atomic E-state index is 12.0. The molecule has 3 N–H and O–H groups in total. The van der Waals surface area contributed by atoms with Gasteiger partial charge < -0.3 is 11.1 Å². The SMILES string of the molecule is Nc1ccc(N2CC(c3ccccc3)NC2=O)cc1. The van der Waals surface area contributed by atoms with Crippen molar-refractivity contribution in [3.8, 4) is 0 Å².